The number of ether oxygens (including phenoxy) is 2. The van der Waals surface area contributed by atoms with Crippen LogP contribution < -0.4 is 14.4 Å². The third-order valence-corrected chi connectivity index (χ3v) is 7.25. The number of hydrogen-bond donors (Lipinski definition) is 0. The van der Waals surface area contributed by atoms with Gasteiger partial charge in [0.2, 0.25) is 0 Å². The van der Waals surface area contributed by atoms with Gasteiger partial charge in [-0.2, -0.15) is 8.42 Å². The Hall–Kier alpha value is -4.21. The van der Waals surface area contributed by atoms with Crippen molar-refractivity contribution < 1.29 is 22.7 Å². The van der Waals surface area contributed by atoms with Gasteiger partial charge in [0.1, 0.15) is 4.90 Å². The van der Waals surface area contributed by atoms with Crippen LogP contribution in [0.15, 0.2) is 101 Å². The van der Waals surface area contributed by atoms with Crippen molar-refractivity contribution in [2.75, 3.05) is 12.0 Å². The molecule has 0 fully saturated rings. The number of rotatable bonds is 6. The second-order valence-corrected chi connectivity index (χ2v) is 10.1. The van der Waals surface area contributed by atoms with Crippen LogP contribution in [0.3, 0.4) is 0 Å². The Morgan fingerprint density at radius 1 is 0.973 bits per heavy atom. The number of benzene rings is 3. The van der Waals surface area contributed by atoms with E-state index in [1.165, 1.54) is 19.4 Å². The molecule has 0 saturated carbocycles. The molecule has 0 N–H and O–H groups in total. The van der Waals surface area contributed by atoms with Crippen molar-refractivity contribution in [3.63, 3.8) is 0 Å². The molecule has 0 unspecified atom stereocenters. The van der Waals surface area contributed by atoms with E-state index in [1.54, 1.807) is 83.9 Å². The highest BCUT2D eigenvalue weighted by Gasteiger charge is 2.32. The average molecular weight is 534 g/mol. The number of halogens is 1. The van der Waals surface area contributed by atoms with E-state index in [0.717, 1.165) is 5.56 Å². The Morgan fingerprint density at radius 2 is 1.76 bits per heavy atom. The van der Waals surface area contributed by atoms with E-state index in [0.29, 0.717) is 33.4 Å². The van der Waals surface area contributed by atoms with Gasteiger partial charge in [-0.3, -0.25) is 4.98 Å². The zero-order chi connectivity index (χ0) is 26.0. The summed E-state index contributed by atoms with van der Waals surface area (Å²) in [5.74, 6) is 0.310. The summed E-state index contributed by atoms with van der Waals surface area (Å²) in [5, 5.41) is 0.548. The molecule has 0 bridgehead atoms. The smallest absolute Gasteiger partial charge is 0.345 e. The van der Waals surface area contributed by atoms with Crippen LogP contribution in [0, 0.1) is 0 Å². The van der Waals surface area contributed by atoms with Crippen LogP contribution in [-0.2, 0) is 16.6 Å². The molecular formula is C27H20ClN3O5S. The predicted molar refractivity (Wildman–Crippen MR) is 140 cm³/mol. The zero-order valence-corrected chi connectivity index (χ0v) is 21.1. The maximum absolute atomic E-state index is 12.8. The lowest BCUT2D eigenvalue weighted by Crippen LogP contribution is -2.30. The van der Waals surface area contributed by atoms with E-state index in [-0.39, 0.29) is 17.2 Å². The summed E-state index contributed by atoms with van der Waals surface area (Å²) < 4.78 is 40.6. The first-order valence-corrected chi connectivity index (χ1v) is 12.9. The van der Waals surface area contributed by atoms with Crippen molar-refractivity contribution in [1.29, 1.82) is 0 Å². The minimum atomic E-state index is -3.83. The molecule has 0 amide bonds. The number of nitrogens with zero attached hydrogens (tertiary/aromatic N) is 3. The van der Waals surface area contributed by atoms with Crippen molar-refractivity contribution >= 4 is 39.1 Å². The predicted octanol–water partition coefficient (Wildman–Crippen LogP) is 5.12. The molecule has 1 aromatic heterocycles. The fourth-order valence-electron chi connectivity index (χ4n) is 3.91. The Morgan fingerprint density at radius 3 is 2.49 bits per heavy atom. The van der Waals surface area contributed by atoms with Gasteiger partial charge in [-0.15, -0.1) is 4.40 Å². The summed E-state index contributed by atoms with van der Waals surface area (Å²) >= 11 is 6.10. The number of amidine groups is 1. The lowest BCUT2D eigenvalue weighted by Gasteiger charge is -2.25. The minimum Gasteiger partial charge on any atom is -0.493 e. The Labute approximate surface area is 218 Å². The molecule has 0 atom stereocenters. The van der Waals surface area contributed by atoms with Crippen molar-refractivity contribution in [1.82, 2.24) is 4.98 Å². The number of esters is 1. The molecule has 37 heavy (non-hydrogen) atoms. The molecule has 0 aliphatic carbocycles. The summed E-state index contributed by atoms with van der Waals surface area (Å²) in [6.45, 7) is 0.248. The first-order valence-electron chi connectivity index (χ1n) is 11.1. The molecule has 1 aliphatic heterocycles. The third-order valence-electron chi connectivity index (χ3n) is 5.68. The van der Waals surface area contributed by atoms with Crippen LogP contribution in [0.5, 0.6) is 11.5 Å². The van der Waals surface area contributed by atoms with E-state index in [2.05, 4.69) is 9.38 Å². The summed E-state index contributed by atoms with van der Waals surface area (Å²) in [7, 11) is -2.36. The van der Waals surface area contributed by atoms with E-state index < -0.39 is 16.0 Å². The fraction of sp³-hybridized carbons (Fsp3) is 0.0741. The monoisotopic (exact) mass is 533 g/mol. The first-order chi connectivity index (χ1) is 17.9. The SMILES string of the molecule is COc1cc(CN(C2=NS(=O)(=O)c3ccccc32)c2ccc(Cl)cc2)ccc1OC(=O)c1cccnc1. The van der Waals surface area contributed by atoms with E-state index in [9.17, 15) is 13.2 Å². The van der Waals surface area contributed by atoms with Crippen LogP contribution in [0.4, 0.5) is 5.69 Å². The number of carbonyl (C=O) groups is 1. The summed E-state index contributed by atoms with van der Waals surface area (Å²) in [5.41, 5.74) is 2.27. The second-order valence-electron chi connectivity index (χ2n) is 8.07. The standard InChI is InChI=1S/C27H20ClN3O5S/c1-35-24-15-18(8-13-23(24)36-27(32)19-5-4-14-29-16-19)17-31(21-11-9-20(28)10-12-21)26-22-6-2-3-7-25(22)37(33,34)30-26/h2-16H,17H2,1H3. The van der Waals surface area contributed by atoms with Gasteiger partial charge in [0.05, 0.1) is 12.7 Å². The summed E-state index contributed by atoms with van der Waals surface area (Å²) in [6, 6.07) is 22.1. The molecule has 0 spiro atoms. The molecule has 0 radical (unpaired) electrons. The van der Waals surface area contributed by atoms with Crippen LogP contribution in [0.1, 0.15) is 21.5 Å². The number of anilines is 1. The summed E-state index contributed by atoms with van der Waals surface area (Å²) in [4.78, 5) is 18.4. The van der Waals surface area contributed by atoms with Gasteiger partial charge in [-0.1, -0.05) is 29.8 Å². The molecule has 186 valence electrons. The third kappa shape index (κ3) is 5.04. The van der Waals surface area contributed by atoms with E-state index in [4.69, 9.17) is 21.1 Å². The maximum atomic E-state index is 12.8. The molecule has 10 heteroatoms. The quantitative estimate of drug-likeness (QED) is 0.250. The fourth-order valence-corrected chi connectivity index (χ4v) is 5.25. The van der Waals surface area contributed by atoms with Gasteiger partial charge >= 0.3 is 5.97 Å². The van der Waals surface area contributed by atoms with Gasteiger partial charge in [0, 0.05) is 35.2 Å². The maximum Gasteiger partial charge on any atom is 0.345 e. The van der Waals surface area contributed by atoms with Crippen LogP contribution in [0.25, 0.3) is 0 Å². The highest BCUT2D eigenvalue weighted by Crippen LogP contribution is 2.34. The number of pyridine rings is 1. The Bertz CT molecular complexity index is 1610. The Balaban J connectivity index is 1.50. The van der Waals surface area contributed by atoms with Crippen molar-refractivity contribution in [2.45, 2.75) is 11.4 Å². The molecular weight excluding hydrogens is 514 g/mol. The lowest BCUT2D eigenvalue weighted by molar-refractivity contribution is 0.0729. The molecule has 0 saturated heterocycles. The molecule has 1 aliphatic rings. The second kappa shape index (κ2) is 10.0. The highest BCUT2D eigenvalue weighted by molar-refractivity contribution is 7.90. The van der Waals surface area contributed by atoms with Gasteiger partial charge in [0.15, 0.2) is 17.3 Å². The van der Waals surface area contributed by atoms with Gasteiger partial charge in [-0.05, 0) is 66.2 Å². The van der Waals surface area contributed by atoms with Crippen molar-refractivity contribution in [3.05, 3.63) is 113 Å². The zero-order valence-electron chi connectivity index (χ0n) is 19.5. The van der Waals surface area contributed by atoms with Gasteiger partial charge < -0.3 is 14.4 Å². The van der Waals surface area contributed by atoms with E-state index >= 15 is 0 Å². The number of fused-ring (bicyclic) bond motifs is 1. The van der Waals surface area contributed by atoms with Gasteiger partial charge in [0.25, 0.3) is 10.0 Å². The van der Waals surface area contributed by atoms with Crippen LogP contribution in [-0.4, -0.2) is 32.3 Å². The van der Waals surface area contributed by atoms with Crippen LogP contribution in [0.2, 0.25) is 5.02 Å². The normalized spacial score (nSPS) is 13.4. The van der Waals surface area contributed by atoms with Crippen molar-refractivity contribution in [3.8, 4) is 11.5 Å². The summed E-state index contributed by atoms with van der Waals surface area (Å²) in [6.07, 6.45) is 2.98. The van der Waals surface area contributed by atoms with Crippen LogP contribution >= 0.6 is 11.6 Å². The molecule has 4 aromatic rings. The molecule has 5 rings (SSSR count). The number of sulfonamides is 1. The topological polar surface area (TPSA) is 98.2 Å². The highest BCUT2D eigenvalue weighted by atomic mass is 35.5. The number of methoxy groups -OCH3 is 1. The molecule has 3 aromatic carbocycles. The first kappa shape index (κ1) is 24.5. The van der Waals surface area contributed by atoms with Crippen molar-refractivity contribution in [2.24, 2.45) is 4.40 Å². The molecule has 2 heterocycles. The lowest BCUT2D eigenvalue weighted by atomic mass is 10.1. The largest absolute Gasteiger partial charge is 0.493 e. The molecule has 8 nitrogen and oxygen atoms in total. The minimum absolute atomic E-state index is 0.152. The Kier molecular flexibility index (Phi) is 6.64. The number of carbonyl (C=O) groups excluding carboxylic acids is 1. The number of aromatic nitrogens is 1. The average Bonchev–Trinajstić information content (AvgIpc) is 3.19. The number of hydrogen-bond acceptors (Lipinski definition) is 7. The van der Waals surface area contributed by atoms with Gasteiger partial charge in [-0.25, -0.2) is 4.79 Å². The van der Waals surface area contributed by atoms with E-state index in [1.807, 2.05) is 0 Å².